The van der Waals surface area contributed by atoms with Crippen molar-refractivity contribution >= 4 is 11.0 Å². The van der Waals surface area contributed by atoms with E-state index in [2.05, 4.69) is 0 Å². The van der Waals surface area contributed by atoms with E-state index in [1.807, 2.05) is 19.1 Å². The summed E-state index contributed by atoms with van der Waals surface area (Å²) in [4.78, 5) is 11.3. The topological polar surface area (TPSA) is 39.4 Å². The van der Waals surface area contributed by atoms with E-state index in [1.54, 1.807) is 20.1 Å². The van der Waals surface area contributed by atoms with E-state index in [9.17, 15) is 4.79 Å². The van der Waals surface area contributed by atoms with Gasteiger partial charge in [-0.05, 0) is 37.6 Å². The van der Waals surface area contributed by atoms with E-state index in [0.29, 0.717) is 11.1 Å². The molecule has 0 atom stereocenters. The van der Waals surface area contributed by atoms with Crippen LogP contribution >= 0.6 is 0 Å². The summed E-state index contributed by atoms with van der Waals surface area (Å²) >= 11 is 0. The molecule has 0 amide bonds. The Kier molecular flexibility index (Phi) is 2.23. The maximum absolute atomic E-state index is 11.3. The lowest BCUT2D eigenvalue weighted by Crippen LogP contribution is -2.02. The molecule has 0 spiro atoms. The lowest BCUT2D eigenvalue weighted by atomic mass is 10.1. The smallest absolute Gasteiger partial charge is 0.339 e. The van der Waals surface area contributed by atoms with Gasteiger partial charge in [0.1, 0.15) is 11.3 Å². The van der Waals surface area contributed by atoms with E-state index in [1.165, 1.54) is 0 Å². The average Bonchev–Trinajstić information content (AvgIpc) is 2.19. The molecule has 0 unspecified atom stereocenters. The molecule has 0 fully saturated rings. The van der Waals surface area contributed by atoms with Crippen LogP contribution in [0.2, 0.25) is 0 Å². The minimum absolute atomic E-state index is 0.296. The first-order valence-electron chi connectivity index (χ1n) is 4.71. The van der Waals surface area contributed by atoms with Gasteiger partial charge in [-0.25, -0.2) is 4.79 Å². The number of ether oxygens (including phenoxy) is 1. The highest BCUT2D eigenvalue weighted by Gasteiger charge is 2.07. The van der Waals surface area contributed by atoms with Crippen LogP contribution in [0.4, 0.5) is 0 Å². The van der Waals surface area contributed by atoms with Crippen LogP contribution in [-0.2, 0) is 0 Å². The molecule has 0 aliphatic carbocycles. The summed E-state index contributed by atoms with van der Waals surface area (Å²) < 4.78 is 10.4. The highest BCUT2D eigenvalue weighted by Crippen LogP contribution is 2.26. The van der Waals surface area contributed by atoms with Crippen molar-refractivity contribution in [1.29, 1.82) is 0 Å². The SMILES string of the molecule is COc1cc(C)cc2oc(=O)c(C)cc12. The number of rotatable bonds is 1. The van der Waals surface area contributed by atoms with Crippen LogP contribution in [0.15, 0.2) is 27.4 Å². The first-order chi connectivity index (χ1) is 7.11. The van der Waals surface area contributed by atoms with Crippen molar-refractivity contribution in [2.45, 2.75) is 13.8 Å². The van der Waals surface area contributed by atoms with Crippen LogP contribution in [0.3, 0.4) is 0 Å². The Bertz CT molecular complexity index is 567. The molecule has 2 rings (SSSR count). The number of hydrogen-bond donors (Lipinski definition) is 0. The molecule has 3 heteroatoms. The molecule has 0 saturated heterocycles. The van der Waals surface area contributed by atoms with Crippen molar-refractivity contribution in [3.8, 4) is 5.75 Å². The summed E-state index contributed by atoms with van der Waals surface area (Å²) in [6, 6.07) is 5.54. The predicted octanol–water partition coefficient (Wildman–Crippen LogP) is 2.42. The minimum atomic E-state index is -0.296. The van der Waals surface area contributed by atoms with Gasteiger partial charge < -0.3 is 9.15 Å². The molecular formula is C12H12O3. The molecule has 3 nitrogen and oxygen atoms in total. The number of hydrogen-bond acceptors (Lipinski definition) is 3. The second kappa shape index (κ2) is 3.42. The van der Waals surface area contributed by atoms with Gasteiger partial charge in [-0.2, -0.15) is 0 Å². The third-order valence-corrected chi connectivity index (χ3v) is 2.35. The zero-order valence-electron chi connectivity index (χ0n) is 8.96. The Balaban J connectivity index is 2.90. The van der Waals surface area contributed by atoms with E-state index in [4.69, 9.17) is 9.15 Å². The second-order valence-electron chi connectivity index (χ2n) is 3.60. The molecule has 1 heterocycles. The van der Waals surface area contributed by atoms with Crippen molar-refractivity contribution in [2.24, 2.45) is 0 Å². The number of aryl methyl sites for hydroxylation is 2. The largest absolute Gasteiger partial charge is 0.496 e. The van der Waals surface area contributed by atoms with E-state index < -0.39 is 0 Å². The van der Waals surface area contributed by atoms with Gasteiger partial charge in [-0.3, -0.25) is 0 Å². The van der Waals surface area contributed by atoms with Crippen molar-refractivity contribution in [1.82, 2.24) is 0 Å². The monoisotopic (exact) mass is 204 g/mol. The van der Waals surface area contributed by atoms with Gasteiger partial charge in [0.15, 0.2) is 0 Å². The predicted molar refractivity (Wildman–Crippen MR) is 58.5 cm³/mol. The molecule has 2 aromatic rings. The van der Waals surface area contributed by atoms with Crippen LogP contribution in [0.1, 0.15) is 11.1 Å². The molecule has 1 aromatic carbocycles. The average molecular weight is 204 g/mol. The molecule has 0 bridgehead atoms. The molecule has 78 valence electrons. The molecule has 0 aliphatic heterocycles. The van der Waals surface area contributed by atoms with Gasteiger partial charge in [-0.15, -0.1) is 0 Å². The molecule has 15 heavy (non-hydrogen) atoms. The molecular weight excluding hydrogens is 192 g/mol. The third kappa shape index (κ3) is 1.61. The molecule has 0 saturated carbocycles. The van der Waals surface area contributed by atoms with Gasteiger partial charge in [0.25, 0.3) is 0 Å². The third-order valence-electron chi connectivity index (χ3n) is 2.35. The van der Waals surface area contributed by atoms with Gasteiger partial charge in [-0.1, -0.05) is 0 Å². The Labute approximate surface area is 87.3 Å². The highest BCUT2D eigenvalue weighted by atomic mass is 16.5. The maximum atomic E-state index is 11.3. The van der Waals surface area contributed by atoms with Crippen LogP contribution in [-0.4, -0.2) is 7.11 Å². The number of methoxy groups -OCH3 is 1. The quantitative estimate of drug-likeness (QED) is 0.669. The lowest BCUT2D eigenvalue weighted by molar-refractivity contribution is 0.418. The van der Waals surface area contributed by atoms with Crippen molar-refractivity contribution in [2.75, 3.05) is 7.11 Å². The summed E-state index contributed by atoms with van der Waals surface area (Å²) in [6.45, 7) is 3.66. The fourth-order valence-corrected chi connectivity index (χ4v) is 1.58. The Morgan fingerprint density at radius 1 is 1.20 bits per heavy atom. The van der Waals surface area contributed by atoms with E-state index in [-0.39, 0.29) is 5.63 Å². The van der Waals surface area contributed by atoms with Crippen molar-refractivity contribution in [3.05, 3.63) is 39.7 Å². The zero-order valence-corrected chi connectivity index (χ0v) is 8.96. The number of benzene rings is 1. The first kappa shape index (κ1) is 9.77. The highest BCUT2D eigenvalue weighted by molar-refractivity contribution is 5.84. The normalized spacial score (nSPS) is 10.6. The molecule has 0 radical (unpaired) electrons. The second-order valence-corrected chi connectivity index (χ2v) is 3.60. The van der Waals surface area contributed by atoms with Crippen LogP contribution in [0.25, 0.3) is 11.0 Å². The van der Waals surface area contributed by atoms with Gasteiger partial charge in [0.05, 0.1) is 12.5 Å². The minimum Gasteiger partial charge on any atom is -0.496 e. The van der Waals surface area contributed by atoms with Crippen molar-refractivity contribution in [3.63, 3.8) is 0 Å². The Hall–Kier alpha value is -1.77. The molecule has 0 aliphatic rings. The Morgan fingerprint density at radius 2 is 1.93 bits per heavy atom. The Morgan fingerprint density at radius 3 is 2.60 bits per heavy atom. The summed E-state index contributed by atoms with van der Waals surface area (Å²) in [7, 11) is 1.61. The van der Waals surface area contributed by atoms with Crippen LogP contribution in [0, 0.1) is 13.8 Å². The van der Waals surface area contributed by atoms with Gasteiger partial charge in [0, 0.05) is 5.56 Å². The fourth-order valence-electron chi connectivity index (χ4n) is 1.58. The molecule has 0 N–H and O–H groups in total. The summed E-state index contributed by atoms with van der Waals surface area (Å²) in [6.07, 6.45) is 0. The van der Waals surface area contributed by atoms with E-state index >= 15 is 0 Å². The van der Waals surface area contributed by atoms with Gasteiger partial charge in [0.2, 0.25) is 0 Å². The summed E-state index contributed by atoms with van der Waals surface area (Å²) in [5, 5.41) is 0.834. The first-order valence-corrected chi connectivity index (χ1v) is 4.71. The number of fused-ring (bicyclic) bond motifs is 1. The lowest BCUT2D eigenvalue weighted by Gasteiger charge is -2.06. The van der Waals surface area contributed by atoms with Crippen molar-refractivity contribution < 1.29 is 9.15 Å². The molecule has 1 aromatic heterocycles. The zero-order chi connectivity index (χ0) is 11.0. The maximum Gasteiger partial charge on any atom is 0.339 e. The van der Waals surface area contributed by atoms with E-state index in [0.717, 1.165) is 16.7 Å². The summed E-state index contributed by atoms with van der Waals surface area (Å²) in [5.41, 5.74) is 1.87. The van der Waals surface area contributed by atoms with Crippen LogP contribution < -0.4 is 10.4 Å². The standard InChI is InChI=1S/C12H12O3/c1-7-4-10(14-3)9-6-8(2)12(13)15-11(9)5-7/h4-6H,1-3H3. The fraction of sp³-hybridized carbons (Fsp3) is 0.250. The summed E-state index contributed by atoms with van der Waals surface area (Å²) in [5.74, 6) is 0.733. The van der Waals surface area contributed by atoms with Crippen LogP contribution in [0.5, 0.6) is 5.75 Å². The van der Waals surface area contributed by atoms with Gasteiger partial charge >= 0.3 is 5.63 Å².